The van der Waals surface area contributed by atoms with Crippen molar-refractivity contribution in [2.75, 3.05) is 19.0 Å². The third-order valence-corrected chi connectivity index (χ3v) is 5.10. The second kappa shape index (κ2) is 10.5. The Morgan fingerprint density at radius 1 is 1.03 bits per heavy atom. The molecular formula is C25H28N2O4. The minimum Gasteiger partial charge on any atom is -0.495 e. The van der Waals surface area contributed by atoms with Crippen molar-refractivity contribution in [2.24, 2.45) is 0 Å². The highest BCUT2D eigenvalue weighted by Crippen LogP contribution is 2.27. The number of hydrogen-bond acceptors (Lipinski definition) is 4. The van der Waals surface area contributed by atoms with Gasteiger partial charge in [-0.05, 0) is 44.0 Å². The van der Waals surface area contributed by atoms with E-state index in [1.165, 1.54) is 0 Å². The van der Waals surface area contributed by atoms with E-state index in [9.17, 15) is 9.59 Å². The van der Waals surface area contributed by atoms with E-state index in [0.29, 0.717) is 43.0 Å². The molecule has 6 nitrogen and oxygen atoms in total. The first-order valence-corrected chi connectivity index (χ1v) is 10.4. The van der Waals surface area contributed by atoms with Crippen LogP contribution < -0.4 is 10.1 Å². The van der Waals surface area contributed by atoms with Gasteiger partial charge in [-0.3, -0.25) is 4.79 Å². The fourth-order valence-corrected chi connectivity index (χ4v) is 3.56. The van der Waals surface area contributed by atoms with E-state index in [2.05, 4.69) is 9.88 Å². The SMILES string of the molecule is CCOC(=O)c1cc(-c2ccccc2)n(CCCC(=O)Nc2ccccc2OC)c1C. The number of aromatic nitrogens is 1. The van der Waals surface area contributed by atoms with Crippen molar-refractivity contribution < 1.29 is 19.1 Å². The molecule has 1 aromatic heterocycles. The van der Waals surface area contributed by atoms with Crippen LogP contribution in [0.25, 0.3) is 11.3 Å². The molecule has 0 saturated heterocycles. The lowest BCUT2D eigenvalue weighted by Gasteiger charge is -2.13. The molecule has 1 N–H and O–H groups in total. The average molecular weight is 421 g/mol. The molecule has 3 rings (SSSR count). The monoisotopic (exact) mass is 420 g/mol. The van der Waals surface area contributed by atoms with E-state index in [1.807, 2.05) is 67.6 Å². The van der Waals surface area contributed by atoms with Gasteiger partial charge in [-0.25, -0.2) is 4.79 Å². The molecule has 0 fully saturated rings. The van der Waals surface area contributed by atoms with E-state index in [1.54, 1.807) is 14.0 Å². The number of para-hydroxylation sites is 2. The molecule has 0 bridgehead atoms. The van der Waals surface area contributed by atoms with Crippen molar-refractivity contribution in [2.45, 2.75) is 33.2 Å². The quantitative estimate of drug-likeness (QED) is 0.491. The molecule has 0 aliphatic heterocycles. The number of esters is 1. The normalized spacial score (nSPS) is 10.5. The highest BCUT2D eigenvalue weighted by molar-refractivity contribution is 5.93. The van der Waals surface area contributed by atoms with Gasteiger partial charge >= 0.3 is 5.97 Å². The average Bonchev–Trinajstić information content (AvgIpc) is 3.11. The number of methoxy groups -OCH3 is 1. The van der Waals surface area contributed by atoms with Gasteiger partial charge in [0.15, 0.2) is 0 Å². The van der Waals surface area contributed by atoms with E-state index >= 15 is 0 Å². The molecule has 1 amide bonds. The van der Waals surface area contributed by atoms with Crippen LogP contribution in [0.15, 0.2) is 60.7 Å². The van der Waals surface area contributed by atoms with Gasteiger partial charge in [-0.15, -0.1) is 0 Å². The minimum absolute atomic E-state index is 0.0822. The maximum Gasteiger partial charge on any atom is 0.339 e. The lowest BCUT2D eigenvalue weighted by molar-refractivity contribution is -0.116. The second-order valence-corrected chi connectivity index (χ2v) is 7.12. The molecule has 31 heavy (non-hydrogen) atoms. The summed E-state index contributed by atoms with van der Waals surface area (Å²) in [6.45, 7) is 4.64. The van der Waals surface area contributed by atoms with Gasteiger partial charge in [0.05, 0.1) is 25.0 Å². The van der Waals surface area contributed by atoms with Crippen LogP contribution in [0.2, 0.25) is 0 Å². The van der Waals surface area contributed by atoms with Crippen molar-refractivity contribution in [1.29, 1.82) is 0 Å². The van der Waals surface area contributed by atoms with Crippen molar-refractivity contribution in [3.63, 3.8) is 0 Å². The summed E-state index contributed by atoms with van der Waals surface area (Å²) >= 11 is 0. The molecule has 0 saturated carbocycles. The zero-order chi connectivity index (χ0) is 22.2. The van der Waals surface area contributed by atoms with Crippen LogP contribution in [0.5, 0.6) is 5.75 Å². The van der Waals surface area contributed by atoms with Gasteiger partial charge in [-0.1, -0.05) is 42.5 Å². The van der Waals surface area contributed by atoms with Crippen LogP contribution in [0.3, 0.4) is 0 Å². The molecule has 0 spiro atoms. The molecule has 0 unspecified atom stereocenters. The number of benzene rings is 2. The number of ether oxygens (including phenoxy) is 2. The fraction of sp³-hybridized carbons (Fsp3) is 0.280. The predicted molar refractivity (Wildman–Crippen MR) is 121 cm³/mol. The molecule has 0 radical (unpaired) electrons. The Kier molecular flexibility index (Phi) is 7.49. The van der Waals surface area contributed by atoms with Crippen LogP contribution in [-0.2, 0) is 16.1 Å². The van der Waals surface area contributed by atoms with Gasteiger partial charge < -0.3 is 19.4 Å². The summed E-state index contributed by atoms with van der Waals surface area (Å²) < 4.78 is 12.6. The summed E-state index contributed by atoms with van der Waals surface area (Å²) in [5.74, 6) is 0.216. The Morgan fingerprint density at radius 3 is 2.45 bits per heavy atom. The largest absolute Gasteiger partial charge is 0.495 e. The summed E-state index contributed by atoms with van der Waals surface area (Å²) in [6.07, 6.45) is 0.969. The number of amides is 1. The standard InChI is InChI=1S/C25H28N2O4/c1-4-31-25(29)20-17-22(19-11-6-5-7-12-19)27(18(20)2)16-10-15-24(28)26-21-13-8-9-14-23(21)30-3/h5-9,11-14,17H,4,10,15-16H2,1-3H3,(H,26,28). The molecule has 6 heteroatoms. The Bertz CT molecular complexity index is 1040. The second-order valence-electron chi connectivity index (χ2n) is 7.12. The Hall–Kier alpha value is -3.54. The number of carbonyl (C=O) groups is 2. The van der Waals surface area contributed by atoms with Crippen molar-refractivity contribution >= 4 is 17.6 Å². The number of hydrogen-bond donors (Lipinski definition) is 1. The molecule has 0 atom stereocenters. The fourth-order valence-electron chi connectivity index (χ4n) is 3.56. The first kappa shape index (κ1) is 22.2. The number of anilines is 1. The highest BCUT2D eigenvalue weighted by atomic mass is 16.5. The molecule has 0 aliphatic rings. The van der Waals surface area contributed by atoms with Gasteiger partial charge in [0, 0.05) is 24.4 Å². The number of nitrogens with one attached hydrogen (secondary N) is 1. The van der Waals surface area contributed by atoms with Gasteiger partial charge in [0.1, 0.15) is 5.75 Å². The first-order valence-electron chi connectivity index (χ1n) is 10.4. The van der Waals surface area contributed by atoms with E-state index in [4.69, 9.17) is 9.47 Å². The number of rotatable bonds is 9. The number of nitrogens with zero attached hydrogens (tertiary/aromatic N) is 1. The molecular weight excluding hydrogens is 392 g/mol. The summed E-state index contributed by atoms with van der Waals surface area (Å²) in [5, 5.41) is 2.90. The van der Waals surface area contributed by atoms with E-state index in [0.717, 1.165) is 17.0 Å². The summed E-state index contributed by atoms with van der Waals surface area (Å²) in [5.41, 5.74) is 3.99. The third-order valence-electron chi connectivity index (χ3n) is 5.10. The zero-order valence-electron chi connectivity index (χ0n) is 18.2. The summed E-state index contributed by atoms with van der Waals surface area (Å²) in [4.78, 5) is 24.9. The minimum atomic E-state index is -0.329. The van der Waals surface area contributed by atoms with Gasteiger partial charge in [-0.2, -0.15) is 0 Å². The smallest absolute Gasteiger partial charge is 0.339 e. The van der Waals surface area contributed by atoms with Crippen LogP contribution >= 0.6 is 0 Å². The van der Waals surface area contributed by atoms with E-state index in [-0.39, 0.29) is 11.9 Å². The third kappa shape index (κ3) is 5.34. The summed E-state index contributed by atoms with van der Waals surface area (Å²) in [7, 11) is 1.58. The lowest BCUT2D eigenvalue weighted by Crippen LogP contribution is -2.14. The molecule has 0 aliphatic carbocycles. The van der Waals surface area contributed by atoms with E-state index < -0.39 is 0 Å². The van der Waals surface area contributed by atoms with Crippen molar-refractivity contribution in [3.8, 4) is 17.0 Å². The van der Waals surface area contributed by atoms with Crippen LogP contribution in [0.4, 0.5) is 5.69 Å². The Morgan fingerprint density at radius 2 is 1.74 bits per heavy atom. The molecule has 162 valence electrons. The molecule has 3 aromatic rings. The zero-order valence-corrected chi connectivity index (χ0v) is 18.2. The van der Waals surface area contributed by atoms with Crippen molar-refractivity contribution in [1.82, 2.24) is 4.57 Å². The molecule has 1 heterocycles. The first-order chi connectivity index (χ1) is 15.0. The Balaban J connectivity index is 1.74. The maximum absolute atomic E-state index is 12.5. The maximum atomic E-state index is 12.5. The van der Waals surface area contributed by atoms with Crippen LogP contribution in [-0.4, -0.2) is 30.2 Å². The van der Waals surface area contributed by atoms with Crippen LogP contribution in [0, 0.1) is 6.92 Å². The Labute approximate surface area is 182 Å². The van der Waals surface area contributed by atoms with Crippen LogP contribution in [0.1, 0.15) is 35.8 Å². The molecule has 2 aromatic carbocycles. The summed E-state index contributed by atoms with van der Waals surface area (Å²) in [6, 6.07) is 19.1. The van der Waals surface area contributed by atoms with Gasteiger partial charge in [0.2, 0.25) is 5.91 Å². The predicted octanol–water partition coefficient (Wildman–Crippen LogP) is 5.07. The lowest BCUT2D eigenvalue weighted by atomic mass is 10.1. The highest BCUT2D eigenvalue weighted by Gasteiger charge is 2.19. The van der Waals surface area contributed by atoms with Gasteiger partial charge in [0.25, 0.3) is 0 Å². The topological polar surface area (TPSA) is 69.6 Å². The van der Waals surface area contributed by atoms with Crippen molar-refractivity contribution in [3.05, 3.63) is 71.9 Å². The number of carbonyl (C=O) groups excluding carboxylic acids is 2.